The lowest BCUT2D eigenvalue weighted by molar-refractivity contribution is 0.239. The summed E-state index contributed by atoms with van der Waals surface area (Å²) in [7, 11) is -3.39. The van der Waals surface area contributed by atoms with Gasteiger partial charge in [0.1, 0.15) is 5.75 Å². The number of nitrogens with one attached hydrogen (secondary N) is 1. The molecule has 0 bridgehead atoms. The van der Waals surface area contributed by atoms with Gasteiger partial charge in [0.2, 0.25) is 10.0 Å². The number of hydrogen-bond donors (Lipinski definition) is 1. The van der Waals surface area contributed by atoms with Gasteiger partial charge in [-0.2, -0.15) is 0 Å². The van der Waals surface area contributed by atoms with E-state index >= 15 is 0 Å². The molecule has 106 valence electrons. The summed E-state index contributed by atoms with van der Waals surface area (Å²) in [6.07, 6.45) is 4.83. The third kappa shape index (κ3) is 4.59. The Morgan fingerprint density at radius 2 is 2.11 bits per heavy atom. The molecule has 1 aliphatic carbocycles. The largest absolute Gasteiger partial charge is 0.489 e. The normalized spacial score (nSPS) is 15.4. The quantitative estimate of drug-likeness (QED) is 0.862. The summed E-state index contributed by atoms with van der Waals surface area (Å²) in [5.41, 5.74) is 0. The molecule has 0 radical (unpaired) electrons. The van der Waals surface area contributed by atoms with Gasteiger partial charge in [-0.05, 0) is 26.7 Å². The zero-order valence-electron chi connectivity index (χ0n) is 11.2. The molecular weight excluding hydrogens is 268 g/mol. The smallest absolute Gasteiger partial charge is 0.231 e. The maximum absolute atomic E-state index is 11.3. The maximum Gasteiger partial charge on any atom is 0.231 e. The van der Waals surface area contributed by atoms with E-state index < -0.39 is 10.0 Å². The first kappa shape index (κ1) is 13.9. The number of rotatable bonds is 6. The first-order valence-electron chi connectivity index (χ1n) is 6.14. The summed E-state index contributed by atoms with van der Waals surface area (Å²) < 4.78 is 36.1. The molecule has 6 nitrogen and oxygen atoms in total. The second-order valence-electron chi connectivity index (χ2n) is 4.88. The van der Waals surface area contributed by atoms with Crippen LogP contribution in [0.5, 0.6) is 11.5 Å². The second-order valence-corrected chi connectivity index (χ2v) is 6.62. The molecule has 0 saturated heterocycles. The molecule has 0 aromatic carbocycles. The fourth-order valence-electron chi connectivity index (χ4n) is 1.47. The standard InChI is InChI=1S/C12H18N2O4S/c1-8(2)17-11-6-10(18-9-4-5-9)7-13-12(11)14-19(3,15)16/h6-9H,4-5H2,1-3H3,(H,13,14). The van der Waals surface area contributed by atoms with Gasteiger partial charge in [-0.1, -0.05) is 0 Å². The van der Waals surface area contributed by atoms with Gasteiger partial charge in [0.05, 0.1) is 24.7 Å². The highest BCUT2D eigenvalue weighted by Crippen LogP contribution is 2.32. The zero-order chi connectivity index (χ0) is 14.0. The molecular formula is C12H18N2O4S. The highest BCUT2D eigenvalue weighted by Gasteiger charge is 2.24. The van der Waals surface area contributed by atoms with Crippen LogP contribution in [0.2, 0.25) is 0 Å². The maximum atomic E-state index is 11.3. The number of ether oxygens (including phenoxy) is 2. The fraction of sp³-hybridized carbons (Fsp3) is 0.583. The molecule has 1 aromatic heterocycles. The molecule has 0 spiro atoms. The fourth-order valence-corrected chi connectivity index (χ4v) is 1.97. The average molecular weight is 286 g/mol. The van der Waals surface area contributed by atoms with Gasteiger partial charge in [-0.3, -0.25) is 4.72 Å². The van der Waals surface area contributed by atoms with Gasteiger partial charge in [-0.25, -0.2) is 13.4 Å². The van der Waals surface area contributed by atoms with Crippen molar-refractivity contribution in [1.29, 1.82) is 0 Å². The summed E-state index contributed by atoms with van der Waals surface area (Å²) in [6, 6.07) is 1.67. The monoisotopic (exact) mass is 286 g/mol. The van der Waals surface area contributed by atoms with Crippen molar-refractivity contribution in [2.75, 3.05) is 11.0 Å². The van der Waals surface area contributed by atoms with E-state index in [-0.39, 0.29) is 18.0 Å². The van der Waals surface area contributed by atoms with Crippen LogP contribution in [0.3, 0.4) is 0 Å². The van der Waals surface area contributed by atoms with Crippen molar-refractivity contribution in [3.8, 4) is 11.5 Å². The van der Waals surface area contributed by atoms with Crippen molar-refractivity contribution in [2.24, 2.45) is 0 Å². The molecule has 1 heterocycles. The van der Waals surface area contributed by atoms with Crippen LogP contribution < -0.4 is 14.2 Å². The van der Waals surface area contributed by atoms with Crippen LogP contribution in [0.15, 0.2) is 12.3 Å². The van der Waals surface area contributed by atoms with E-state index in [9.17, 15) is 8.42 Å². The predicted molar refractivity (Wildman–Crippen MR) is 72.1 cm³/mol. The molecule has 2 rings (SSSR count). The summed E-state index contributed by atoms with van der Waals surface area (Å²) >= 11 is 0. The lowest BCUT2D eigenvalue weighted by Crippen LogP contribution is -2.14. The Morgan fingerprint density at radius 1 is 1.42 bits per heavy atom. The molecule has 1 aromatic rings. The summed E-state index contributed by atoms with van der Waals surface area (Å²) in [5.74, 6) is 1.15. The average Bonchev–Trinajstić information content (AvgIpc) is 3.03. The molecule has 1 fully saturated rings. The Labute approximate surface area is 113 Å². The third-order valence-corrected chi connectivity index (χ3v) is 2.86. The number of pyridine rings is 1. The number of hydrogen-bond acceptors (Lipinski definition) is 5. The summed E-state index contributed by atoms with van der Waals surface area (Å²) in [5, 5.41) is 0. The van der Waals surface area contributed by atoms with E-state index in [0.29, 0.717) is 11.5 Å². The molecule has 0 atom stereocenters. The van der Waals surface area contributed by atoms with Crippen molar-refractivity contribution >= 4 is 15.8 Å². The minimum Gasteiger partial charge on any atom is -0.489 e. The van der Waals surface area contributed by atoms with Crippen LogP contribution in [0, 0.1) is 0 Å². The highest BCUT2D eigenvalue weighted by atomic mass is 32.2. The first-order valence-corrected chi connectivity index (χ1v) is 8.04. The summed E-state index contributed by atoms with van der Waals surface area (Å²) in [4.78, 5) is 4.06. The van der Waals surface area contributed by atoms with Gasteiger partial charge < -0.3 is 9.47 Å². The Morgan fingerprint density at radius 3 is 2.63 bits per heavy atom. The van der Waals surface area contributed by atoms with E-state index in [1.165, 1.54) is 6.20 Å². The highest BCUT2D eigenvalue weighted by molar-refractivity contribution is 7.92. The molecule has 0 aliphatic heterocycles. The Hall–Kier alpha value is -1.50. The van der Waals surface area contributed by atoms with Crippen LogP contribution in [0.25, 0.3) is 0 Å². The van der Waals surface area contributed by atoms with Crippen molar-refractivity contribution < 1.29 is 17.9 Å². The van der Waals surface area contributed by atoms with Gasteiger partial charge in [0, 0.05) is 6.07 Å². The molecule has 1 saturated carbocycles. The minimum absolute atomic E-state index is 0.0851. The van der Waals surface area contributed by atoms with Crippen molar-refractivity contribution in [2.45, 2.75) is 38.9 Å². The van der Waals surface area contributed by atoms with Crippen LogP contribution in [0.4, 0.5) is 5.82 Å². The molecule has 1 aliphatic rings. The molecule has 19 heavy (non-hydrogen) atoms. The number of aromatic nitrogens is 1. The molecule has 1 N–H and O–H groups in total. The van der Waals surface area contributed by atoms with Crippen LogP contribution in [-0.2, 0) is 10.0 Å². The van der Waals surface area contributed by atoms with Crippen LogP contribution >= 0.6 is 0 Å². The SMILES string of the molecule is CC(C)Oc1cc(OC2CC2)cnc1NS(C)(=O)=O. The van der Waals surface area contributed by atoms with Gasteiger partial charge >= 0.3 is 0 Å². The van der Waals surface area contributed by atoms with Gasteiger partial charge in [0.25, 0.3) is 0 Å². The first-order chi connectivity index (χ1) is 8.83. The van der Waals surface area contributed by atoms with E-state index in [2.05, 4.69) is 9.71 Å². The van der Waals surface area contributed by atoms with Crippen molar-refractivity contribution in [3.63, 3.8) is 0 Å². The van der Waals surface area contributed by atoms with Gasteiger partial charge in [0.15, 0.2) is 11.6 Å². The lowest BCUT2D eigenvalue weighted by atomic mass is 10.4. The lowest BCUT2D eigenvalue weighted by Gasteiger charge is -2.15. The number of sulfonamides is 1. The van der Waals surface area contributed by atoms with Crippen LogP contribution in [-0.4, -0.2) is 31.9 Å². The zero-order valence-corrected chi connectivity index (χ0v) is 12.0. The number of nitrogens with zero attached hydrogens (tertiary/aromatic N) is 1. The van der Waals surface area contributed by atoms with Crippen molar-refractivity contribution in [3.05, 3.63) is 12.3 Å². The van der Waals surface area contributed by atoms with E-state index in [1.807, 2.05) is 13.8 Å². The van der Waals surface area contributed by atoms with Crippen molar-refractivity contribution in [1.82, 2.24) is 4.98 Å². The Bertz CT molecular complexity index is 553. The molecule has 0 amide bonds. The van der Waals surface area contributed by atoms with E-state index in [1.54, 1.807) is 6.07 Å². The minimum atomic E-state index is -3.39. The van der Waals surface area contributed by atoms with E-state index in [4.69, 9.17) is 9.47 Å². The number of anilines is 1. The predicted octanol–water partition coefficient (Wildman–Crippen LogP) is 1.78. The molecule has 0 unspecified atom stereocenters. The summed E-state index contributed by atoms with van der Waals surface area (Å²) in [6.45, 7) is 3.72. The van der Waals surface area contributed by atoms with Gasteiger partial charge in [-0.15, -0.1) is 0 Å². The Kier molecular flexibility index (Phi) is 3.84. The van der Waals surface area contributed by atoms with Crippen LogP contribution in [0.1, 0.15) is 26.7 Å². The van der Waals surface area contributed by atoms with E-state index in [0.717, 1.165) is 19.1 Å². The second kappa shape index (κ2) is 5.24. The Balaban J connectivity index is 2.24. The topological polar surface area (TPSA) is 77.5 Å². The third-order valence-electron chi connectivity index (χ3n) is 2.30. The molecule has 7 heteroatoms.